The van der Waals surface area contributed by atoms with Crippen LogP contribution >= 0.6 is 11.6 Å². The number of rotatable bonds is 3. The minimum atomic E-state index is -0.544. The largest absolute Gasteiger partial charge is 0.445 e. The number of carbonyl (C=O) groups excluding carboxylic acids is 1. The molecule has 1 aliphatic rings. The zero-order chi connectivity index (χ0) is 12.1. The maximum absolute atomic E-state index is 11.4. The van der Waals surface area contributed by atoms with E-state index in [1.54, 1.807) is 0 Å². The van der Waals surface area contributed by atoms with Crippen molar-refractivity contribution in [2.75, 3.05) is 6.61 Å². The summed E-state index contributed by atoms with van der Waals surface area (Å²) in [6.07, 6.45) is -0.544. The molecular formula is C11H11ClN2O3. The number of oxime groups is 1. The Kier molecular flexibility index (Phi) is 3.82. The van der Waals surface area contributed by atoms with Gasteiger partial charge in [0, 0.05) is 0 Å². The van der Waals surface area contributed by atoms with Crippen LogP contribution in [-0.4, -0.2) is 23.9 Å². The maximum atomic E-state index is 11.4. The molecular weight excluding hydrogens is 244 g/mol. The first kappa shape index (κ1) is 11.7. The lowest BCUT2D eigenvalue weighted by atomic mass is 10.2. The van der Waals surface area contributed by atoms with Gasteiger partial charge in [-0.15, -0.1) is 0 Å². The topological polar surface area (TPSA) is 59.9 Å². The lowest BCUT2D eigenvalue weighted by Crippen LogP contribution is -2.39. The van der Waals surface area contributed by atoms with E-state index in [1.165, 1.54) is 0 Å². The van der Waals surface area contributed by atoms with Crippen LogP contribution in [0.1, 0.15) is 5.56 Å². The molecule has 0 aromatic heterocycles. The summed E-state index contributed by atoms with van der Waals surface area (Å²) in [5.41, 5.74) is 0.921. The average molecular weight is 255 g/mol. The summed E-state index contributed by atoms with van der Waals surface area (Å²) < 4.78 is 5.02. The van der Waals surface area contributed by atoms with E-state index in [9.17, 15) is 4.79 Å². The summed E-state index contributed by atoms with van der Waals surface area (Å²) in [6, 6.07) is 8.99. The SMILES string of the molecule is O=C(N[C@H]1CON=C1Cl)OCc1ccccc1. The van der Waals surface area contributed by atoms with Crippen LogP contribution in [0.5, 0.6) is 0 Å². The lowest BCUT2D eigenvalue weighted by molar-refractivity contribution is 0.127. The first-order valence-corrected chi connectivity index (χ1v) is 5.46. The van der Waals surface area contributed by atoms with E-state index in [2.05, 4.69) is 10.5 Å². The van der Waals surface area contributed by atoms with E-state index >= 15 is 0 Å². The summed E-state index contributed by atoms with van der Waals surface area (Å²) in [5, 5.41) is 6.27. The van der Waals surface area contributed by atoms with Crippen LogP contribution in [0.4, 0.5) is 4.79 Å². The molecule has 0 saturated carbocycles. The van der Waals surface area contributed by atoms with Crippen LogP contribution in [0.3, 0.4) is 0 Å². The molecule has 6 heteroatoms. The van der Waals surface area contributed by atoms with Gasteiger partial charge in [-0.05, 0) is 5.56 Å². The van der Waals surface area contributed by atoms with Crippen molar-refractivity contribution < 1.29 is 14.4 Å². The molecule has 0 spiro atoms. The fourth-order valence-electron chi connectivity index (χ4n) is 1.31. The van der Waals surface area contributed by atoms with E-state index in [4.69, 9.17) is 21.2 Å². The van der Waals surface area contributed by atoms with E-state index in [0.717, 1.165) is 5.56 Å². The number of nitrogens with zero attached hydrogens (tertiary/aromatic N) is 1. The Bertz CT molecular complexity index is 422. The molecule has 0 radical (unpaired) electrons. The van der Waals surface area contributed by atoms with Gasteiger partial charge in [-0.25, -0.2) is 4.79 Å². The number of hydrogen-bond acceptors (Lipinski definition) is 4. The third-order valence-corrected chi connectivity index (χ3v) is 2.52. The van der Waals surface area contributed by atoms with Gasteiger partial charge in [-0.2, -0.15) is 0 Å². The van der Waals surface area contributed by atoms with E-state index < -0.39 is 12.1 Å². The molecule has 0 saturated heterocycles. The van der Waals surface area contributed by atoms with Gasteiger partial charge in [0.1, 0.15) is 19.3 Å². The van der Waals surface area contributed by atoms with Crippen LogP contribution in [0, 0.1) is 0 Å². The van der Waals surface area contributed by atoms with Crippen LogP contribution in [0.2, 0.25) is 0 Å². The number of amides is 1. The van der Waals surface area contributed by atoms with Gasteiger partial charge in [0.05, 0.1) is 0 Å². The molecule has 5 nitrogen and oxygen atoms in total. The van der Waals surface area contributed by atoms with Gasteiger partial charge in [0.15, 0.2) is 5.17 Å². The van der Waals surface area contributed by atoms with Gasteiger partial charge in [-0.3, -0.25) is 0 Å². The predicted molar refractivity (Wildman–Crippen MR) is 62.8 cm³/mol. The molecule has 1 aromatic carbocycles. The molecule has 0 unspecified atom stereocenters. The molecule has 0 bridgehead atoms. The molecule has 0 aliphatic carbocycles. The number of halogens is 1. The Labute approximate surface area is 103 Å². The predicted octanol–water partition coefficient (Wildman–Crippen LogP) is 1.86. The van der Waals surface area contributed by atoms with Crippen LogP contribution in [0.15, 0.2) is 35.5 Å². The Morgan fingerprint density at radius 2 is 2.29 bits per heavy atom. The van der Waals surface area contributed by atoms with Crippen LogP contribution in [0.25, 0.3) is 0 Å². The molecule has 1 atom stereocenters. The first-order valence-electron chi connectivity index (χ1n) is 5.08. The van der Waals surface area contributed by atoms with Crippen LogP contribution in [-0.2, 0) is 16.2 Å². The summed E-state index contributed by atoms with van der Waals surface area (Å²) in [6.45, 7) is 0.453. The van der Waals surface area contributed by atoms with Crippen molar-refractivity contribution in [2.45, 2.75) is 12.6 Å². The van der Waals surface area contributed by atoms with Crippen molar-refractivity contribution in [1.29, 1.82) is 0 Å². The molecule has 17 heavy (non-hydrogen) atoms. The van der Waals surface area contributed by atoms with Crippen LogP contribution < -0.4 is 5.32 Å². The standard InChI is InChI=1S/C11H11ClN2O3/c12-10-9(7-17-14-10)13-11(15)16-6-8-4-2-1-3-5-8/h1-5,9H,6-7H2,(H,13,15)/t9-/m0/s1. The Hall–Kier alpha value is -1.75. The normalized spacial score (nSPS) is 18.2. The van der Waals surface area contributed by atoms with Crippen molar-refractivity contribution in [3.63, 3.8) is 0 Å². The highest BCUT2D eigenvalue weighted by Crippen LogP contribution is 2.06. The highest BCUT2D eigenvalue weighted by Gasteiger charge is 2.23. The molecule has 1 aromatic rings. The molecule has 1 amide bonds. The second kappa shape index (κ2) is 5.54. The van der Waals surface area contributed by atoms with E-state index in [-0.39, 0.29) is 18.4 Å². The zero-order valence-corrected chi connectivity index (χ0v) is 9.68. The van der Waals surface area contributed by atoms with Crippen molar-refractivity contribution in [3.05, 3.63) is 35.9 Å². The molecule has 1 N–H and O–H groups in total. The molecule has 0 fully saturated rings. The molecule has 1 aliphatic heterocycles. The monoisotopic (exact) mass is 254 g/mol. The van der Waals surface area contributed by atoms with Gasteiger partial charge in [0.25, 0.3) is 0 Å². The maximum Gasteiger partial charge on any atom is 0.408 e. The zero-order valence-electron chi connectivity index (χ0n) is 8.93. The average Bonchev–Trinajstić information content (AvgIpc) is 2.74. The second-order valence-corrected chi connectivity index (χ2v) is 3.86. The summed E-state index contributed by atoms with van der Waals surface area (Å²) in [5.74, 6) is 0. The lowest BCUT2D eigenvalue weighted by Gasteiger charge is -2.10. The number of nitrogens with one attached hydrogen (secondary N) is 1. The van der Waals surface area contributed by atoms with Gasteiger partial charge < -0.3 is 14.9 Å². The minimum absolute atomic E-state index is 0.217. The molecule has 90 valence electrons. The van der Waals surface area contributed by atoms with Crippen molar-refractivity contribution in [1.82, 2.24) is 5.32 Å². The Balaban J connectivity index is 1.77. The fourth-order valence-corrected chi connectivity index (χ4v) is 1.48. The molecule has 1 heterocycles. The summed E-state index contributed by atoms with van der Waals surface area (Å²) in [4.78, 5) is 16.1. The third kappa shape index (κ3) is 3.35. The quantitative estimate of drug-likeness (QED) is 0.896. The number of ether oxygens (including phenoxy) is 1. The summed E-state index contributed by atoms with van der Waals surface area (Å²) in [7, 11) is 0. The van der Waals surface area contributed by atoms with E-state index in [0.29, 0.717) is 0 Å². The van der Waals surface area contributed by atoms with Gasteiger partial charge in [0.2, 0.25) is 0 Å². The van der Waals surface area contributed by atoms with Gasteiger partial charge in [-0.1, -0.05) is 47.1 Å². The Morgan fingerprint density at radius 3 is 2.94 bits per heavy atom. The number of hydrogen-bond donors (Lipinski definition) is 1. The number of benzene rings is 1. The minimum Gasteiger partial charge on any atom is -0.445 e. The highest BCUT2D eigenvalue weighted by atomic mass is 35.5. The van der Waals surface area contributed by atoms with Crippen molar-refractivity contribution in [3.8, 4) is 0 Å². The van der Waals surface area contributed by atoms with Gasteiger partial charge >= 0.3 is 6.09 Å². The number of carbonyl (C=O) groups is 1. The second-order valence-electron chi connectivity index (χ2n) is 3.47. The Morgan fingerprint density at radius 1 is 1.53 bits per heavy atom. The van der Waals surface area contributed by atoms with E-state index in [1.807, 2.05) is 30.3 Å². The fraction of sp³-hybridized carbons (Fsp3) is 0.273. The smallest absolute Gasteiger partial charge is 0.408 e. The van der Waals surface area contributed by atoms with Crippen molar-refractivity contribution >= 4 is 22.9 Å². The van der Waals surface area contributed by atoms with Crippen molar-refractivity contribution in [2.24, 2.45) is 5.16 Å². The first-order chi connectivity index (χ1) is 8.25. The highest BCUT2D eigenvalue weighted by molar-refractivity contribution is 6.66. The third-order valence-electron chi connectivity index (χ3n) is 2.19. The number of alkyl carbamates (subject to hydrolysis) is 1. The summed E-state index contributed by atoms with van der Waals surface area (Å²) >= 11 is 5.69. The molecule has 2 rings (SSSR count).